The van der Waals surface area contributed by atoms with Crippen LogP contribution in [0.3, 0.4) is 0 Å². The first-order valence-electron chi connectivity index (χ1n) is 11.5. The summed E-state index contributed by atoms with van der Waals surface area (Å²) in [5, 5.41) is 4.68. The van der Waals surface area contributed by atoms with Crippen LogP contribution in [0, 0.1) is 0 Å². The van der Waals surface area contributed by atoms with Crippen molar-refractivity contribution in [2.45, 2.75) is 45.8 Å². The number of benzene rings is 2. The topological polar surface area (TPSA) is 72.8 Å². The predicted molar refractivity (Wildman–Crippen MR) is 139 cm³/mol. The van der Waals surface area contributed by atoms with E-state index in [9.17, 15) is 9.59 Å². The van der Waals surface area contributed by atoms with Crippen LogP contribution in [0.4, 0.5) is 10.5 Å². The lowest BCUT2D eigenvalue weighted by Gasteiger charge is -2.26. The molecule has 1 aromatic heterocycles. The van der Waals surface area contributed by atoms with E-state index in [0.29, 0.717) is 47.4 Å². The number of nitrogens with zero attached hydrogens (tertiary/aromatic N) is 2. The second-order valence-electron chi connectivity index (χ2n) is 9.51. The molecular weight excluding hydrogens is 489 g/mol. The molecule has 186 valence electrons. The number of hydrogen-bond donors (Lipinski definition) is 1. The zero-order valence-corrected chi connectivity index (χ0v) is 21.8. The highest BCUT2D eigenvalue weighted by molar-refractivity contribution is 6.45. The van der Waals surface area contributed by atoms with Crippen LogP contribution in [-0.4, -0.2) is 47.3 Å². The maximum absolute atomic E-state index is 13.0. The Hall–Kier alpha value is -2.90. The Balaban J connectivity index is 1.64. The number of amides is 2. The Bertz CT molecular complexity index is 1260. The number of hydrogen-bond acceptors (Lipinski definition) is 4. The number of carbonyl (C=O) groups is 2. The summed E-state index contributed by atoms with van der Waals surface area (Å²) < 4.78 is 12.7. The van der Waals surface area contributed by atoms with Crippen molar-refractivity contribution < 1.29 is 19.1 Å². The minimum Gasteiger partial charge on any atom is -0.497 e. The Morgan fingerprint density at radius 3 is 2.37 bits per heavy atom. The summed E-state index contributed by atoms with van der Waals surface area (Å²) in [5.74, 6) is 0.542. The highest BCUT2D eigenvalue weighted by atomic mass is 35.5. The SMILES string of the molecule is COc1ccc(NC(=O)Cn2c3c(c4c(Cl)c(Cl)ccc42)CCN(C(=O)OC(C)(C)C)CC3)cc1. The number of anilines is 1. The first-order valence-corrected chi connectivity index (χ1v) is 12.2. The number of ether oxygens (including phenoxy) is 2. The van der Waals surface area contributed by atoms with E-state index in [1.54, 1.807) is 42.3 Å². The molecule has 1 aliphatic rings. The third-order valence-corrected chi connectivity index (χ3v) is 6.72. The molecule has 0 fully saturated rings. The van der Waals surface area contributed by atoms with Gasteiger partial charge in [0.1, 0.15) is 17.9 Å². The summed E-state index contributed by atoms with van der Waals surface area (Å²) in [6.45, 7) is 6.61. The molecule has 0 saturated heterocycles. The Labute approximate surface area is 214 Å². The lowest BCUT2D eigenvalue weighted by Crippen LogP contribution is -2.38. The number of carbonyl (C=O) groups excluding carboxylic acids is 2. The third kappa shape index (κ3) is 5.52. The van der Waals surface area contributed by atoms with Crippen LogP contribution in [0.25, 0.3) is 10.9 Å². The molecule has 0 bridgehead atoms. The van der Waals surface area contributed by atoms with Gasteiger partial charge in [0.2, 0.25) is 5.91 Å². The molecule has 0 atom stereocenters. The summed E-state index contributed by atoms with van der Waals surface area (Å²) in [5.41, 5.74) is 2.93. The number of fused-ring (bicyclic) bond motifs is 3. The van der Waals surface area contributed by atoms with Crippen molar-refractivity contribution in [2.24, 2.45) is 0 Å². The van der Waals surface area contributed by atoms with Gasteiger partial charge in [0.05, 0.1) is 22.7 Å². The van der Waals surface area contributed by atoms with Crippen molar-refractivity contribution in [1.29, 1.82) is 0 Å². The van der Waals surface area contributed by atoms with Crippen molar-refractivity contribution in [3.8, 4) is 5.75 Å². The zero-order valence-electron chi connectivity index (χ0n) is 20.3. The molecular formula is C26H29Cl2N3O4. The molecule has 0 aliphatic carbocycles. The average Bonchev–Trinajstić information content (AvgIpc) is 2.93. The monoisotopic (exact) mass is 517 g/mol. The van der Waals surface area contributed by atoms with Crippen LogP contribution < -0.4 is 10.1 Å². The van der Waals surface area contributed by atoms with Gasteiger partial charge in [-0.1, -0.05) is 23.2 Å². The van der Waals surface area contributed by atoms with Crippen LogP contribution in [0.1, 0.15) is 32.0 Å². The molecule has 9 heteroatoms. The summed E-state index contributed by atoms with van der Waals surface area (Å²) in [6, 6.07) is 10.8. The predicted octanol–water partition coefficient (Wildman–Crippen LogP) is 5.93. The highest BCUT2D eigenvalue weighted by Crippen LogP contribution is 2.38. The smallest absolute Gasteiger partial charge is 0.410 e. The van der Waals surface area contributed by atoms with E-state index in [2.05, 4.69) is 5.32 Å². The van der Waals surface area contributed by atoms with Gasteiger partial charge in [0.15, 0.2) is 0 Å². The molecule has 2 heterocycles. The normalized spacial score (nSPS) is 13.8. The number of rotatable bonds is 4. The molecule has 3 aromatic rings. The van der Waals surface area contributed by atoms with Gasteiger partial charge >= 0.3 is 6.09 Å². The fraction of sp³-hybridized carbons (Fsp3) is 0.385. The molecule has 2 aromatic carbocycles. The molecule has 0 spiro atoms. The van der Waals surface area contributed by atoms with E-state index in [-0.39, 0.29) is 18.5 Å². The first-order chi connectivity index (χ1) is 16.6. The molecule has 0 saturated carbocycles. The summed E-state index contributed by atoms with van der Waals surface area (Å²) in [6.07, 6.45) is 0.797. The van der Waals surface area contributed by atoms with E-state index in [1.807, 2.05) is 31.4 Å². The Kier molecular flexibility index (Phi) is 7.20. The minimum atomic E-state index is -0.575. The quantitative estimate of drug-likeness (QED) is 0.465. The summed E-state index contributed by atoms with van der Waals surface area (Å²) >= 11 is 13.0. The number of nitrogens with one attached hydrogen (secondary N) is 1. The van der Waals surface area contributed by atoms with Crippen molar-refractivity contribution in [3.63, 3.8) is 0 Å². The molecule has 0 radical (unpaired) electrons. The van der Waals surface area contributed by atoms with Gasteiger partial charge in [-0.3, -0.25) is 4.79 Å². The second kappa shape index (κ2) is 9.99. The molecule has 7 nitrogen and oxygen atoms in total. The van der Waals surface area contributed by atoms with Crippen molar-refractivity contribution in [3.05, 3.63) is 57.7 Å². The van der Waals surface area contributed by atoms with Gasteiger partial charge < -0.3 is 24.3 Å². The minimum absolute atomic E-state index is 0.0995. The van der Waals surface area contributed by atoms with Gasteiger partial charge in [-0.05, 0) is 69.2 Å². The lowest BCUT2D eigenvalue weighted by atomic mass is 10.1. The van der Waals surface area contributed by atoms with Crippen LogP contribution >= 0.6 is 23.2 Å². The van der Waals surface area contributed by atoms with Crippen LogP contribution in [-0.2, 0) is 28.9 Å². The maximum atomic E-state index is 13.0. The molecule has 35 heavy (non-hydrogen) atoms. The van der Waals surface area contributed by atoms with E-state index >= 15 is 0 Å². The van der Waals surface area contributed by atoms with Crippen LogP contribution in [0.5, 0.6) is 5.75 Å². The fourth-order valence-electron chi connectivity index (χ4n) is 4.37. The van der Waals surface area contributed by atoms with Crippen LogP contribution in [0.2, 0.25) is 10.0 Å². The van der Waals surface area contributed by atoms with E-state index in [1.165, 1.54) is 0 Å². The Morgan fingerprint density at radius 1 is 1.03 bits per heavy atom. The van der Waals surface area contributed by atoms with Crippen molar-refractivity contribution >= 4 is 51.8 Å². The molecule has 4 rings (SSSR count). The highest BCUT2D eigenvalue weighted by Gasteiger charge is 2.28. The second-order valence-corrected chi connectivity index (χ2v) is 10.3. The number of methoxy groups -OCH3 is 1. The Morgan fingerprint density at radius 2 is 1.71 bits per heavy atom. The largest absolute Gasteiger partial charge is 0.497 e. The fourth-order valence-corrected chi connectivity index (χ4v) is 4.80. The standard InChI is InChI=1S/C26H29Cl2N3O4/c1-26(2,3)35-25(33)30-13-11-18-20(12-14-30)31(21-10-9-19(27)24(28)23(18)21)15-22(32)29-16-5-7-17(34-4)8-6-16/h5-10H,11-15H2,1-4H3,(H,29,32). The molecule has 1 aliphatic heterocycles. The molecule has 2 amide bonds. The zero-order chi connectivity index (χ0) is 25.3. The van der Waals surface area contributed by atoms with Crippen molar-refractivity contribution in [1.82, 2.24) is 9.47 Å². The number of aromatic nitrogens is 1. The van der Waals surface area contributed by atoms with Crippen LogP contribution in [0.15, 0.2) is 36.4 Å². The third-order valence-electron chi connectivity index (χ3n) is 5.92. The van der Waals surface area contributed by atoms with Crippen molar-refractivity contribution in [2.75, 3.05) is 25.5 Å². The van der Waals surface area contributed by atoms with Gasteiger partial charge in [-0.15, -0.1) is 0 Å². The first kappa shape index (κ1) is 25.2. The van der Waals surface area contributed by atoms with Gasteiger partial charge in [0, 0.05) is 36.3 Å². The molecule has 0 unspecified atom stereocenters. The van der Waals surface area contributed by atoms with Gasteiger partial charge in [-0.25, -0.2) is 4.79 Å². The van der Waals surface area contributed by atoms with E-state index < -0.39 is 5.60 Å². The lowest BCUT2D eigenvalue weighted by molar-refractivity contribution is -0.116. The maximum Gasteiger partial charge on any atom is 0.410 e. The molecule has 1 N–H and O–H groups in total. The number of halogens is 2. The summed E-state index contributed by atoms with van der Waals surface area (Å²) in [4.78, 5) is 27.4. The average molecular weight is 518 g/mol. The van der Waals surface area contributed by atoms with Gasteiger partial charge in [-0.2, -0.15) is 0 Å². The summed E-state index contributed by atoms with van der Waals surface area (Å²) in [7, 11) is 1.60. The van der Waals surface area contributed by atoms with Gasteiger partial charge in [0.25, 0.3) is 0 Å². The van der Waals surface area contributed by atoms with E-state index in [0.717, 1.165) is 22.2 Å². The van der Waals surface area contributed by atoms with E-state index in [4.69, 9.17) is 32.7 Å².